The zero-order valence-corrected chi connectivity index (χ0v) is 17.5. The Kier molecular flexibility index (Phi) is 4.71. The molecule has 162 valence electrons. The van der Waals surface area contributed by atoms with Crippen molar-refractivity contribution in [3.63, 3.8) is 0 Å². The molecule has 2 N–H and O–H groups in total. The first kappa shape index (κ1) is 19.7. The van der Waals surface area contributed by atoms with Gasteiger partial charge >= 0.3 is 0 Å². The zero-order valence-electron chi connectivity index (χ0n) is 17.5. The van der Waals surface area contributed by atoms with Crippen molar-refractivity contribution in [1.29, 1.82) is 0 Å². The molecule has 0 unspecified atom stereocenters. The standard InChI is InChI=1S/C21H24FN7O2/c1-12-9-14-17(28-21(2)4-5-21)26-18(27-19(14)31-12)20(30)29-8-3-13-15(10-29)24-11-25-16(13)23-7-6-22/h9,11H,3-8,10H2,1-2H3,(H,23,24,25)(H,26,27,28). The van der Waals surface area contributed by atoms with Crippen LogP contribution in [-0.4, -0.2) is 56.0 Å². The second kappa shape index (κ2) is 7.44. The van der Waals surface area contributed by atoms with Crippen LogP contribution in [0.4, 0.5) is 16.0 Å². The Labute approximate surface area is 178 Å². The number of hydrogen-bond donors (Lipinski definition) is 2. The number of alkyl halides is 1. The number of amides is 1. The van der Waals surface area contributed by atoms with E-state index in [4.69, 9.17) is 4.42 Å². The first-order chi connectivity index (χ1) is 15.0. The van der Waals surface area contributed by atoms with Gasteiger partial charge in [0, 0.05) is 24.2 Å². The molecular weight excluding hydrogens is 401 g/mol. The molecule has 0 spiro atoms. The normalized spacial score (nSPS) is 16.8. The maximum atomic E-state index is 13.3. The highest BCUT2D eigenvalue weighted by Gasteiger charge is 2.38. The van der Waals surface area contributed by atoms with Crippen LogP contribution in [0.2, 0.25) is 0 Å². The van der Waals surface area contributed by atoms with Crippen LogP contribution in [0.5, 0.6) is 0 Å². The summed E-state index contributed by atoms with van der Waals surface area (Å²) in [5.41, 5.74) is 2.06. The maximum absolute atomic E-state index is 13.3. The lowest BCUT2D eigenvalue weighted by atomic mass is 10.1. The lowest BCUT2D eigenvalue weighted by Gasteiger charge is -2.28. The first-order valence-electron chi connectivity index (χ1n) is 10.4. The number of aryl methyl sites for hydroxylation is 1. The number of hydrogen-bond acceptors (Lipinski definition) is 8. The number of furan rings is 1. The zero-order chi connectivity index (χ0) is 21.6. The molecule has 9 nitrogen and oxygen atoms in total. The Balaban J connectivity index is 1.43. The molecule has 0 aromatic carbocycles. The second-order valence-corrected chi connectivity index (χ2v) is 8.40. The van der Waals surface area contributed by atoms with E-state index in [0.717, 1.165) is 35.2 Å². The van der Waals surface area contributed by atoms with Crippen molar-refractivity contribution in [1.82, 2.24) is 24.8 Å². The molecule has 0 radical (unpaired) electrons. The molecule has 1 saturated carbocycles. The van der Waals surface area contributed by atoms with Crippen LogP contribution in [0, 0.1) is 6.92 Å². The molecule has 2 aliphatic rings. The van der Waals surface area contributed by atoms with Gasteiger partial charge in [0.1, 0.15) is 30.4 Å². The van der Waals surface area contributed by atoms with Crippen LogP contribution >= 0.6 is 0 Å². The Bertz CT molecular complexity index is 1160. The van der Waals surface area contributed by atoms with Gasteiger partial charge in [0.25, 0.3) is 5.91 Å². The van der Waals surface area contributed by atoms with E-state index in [9.17, 15) is 9.18 Å². The molecule has 1 fully saturated rings. The smallest absolute Gasteiger partial charge is 0.292 e. The molecule has 0 saturated heterocycles. The summed E-state index contributed by atoms with van der Waals surface area (Å²) < 4.78 is 18.2. The van der Waals surface area contributed by atoms with Crippen LogP contribution < -0.4 is 10.6 Å². The van der Waals surface area contributed by atoms with Crippen LogP contribution in [-0.2, 0) is 13.0 Å². The van der Waals surface area contributed by atoms with Crippen LogP contribution in [0.25, 0.3) is 11.1 Å². The topological polar surface area (TPSA) is 109 Å². The predicted octanol–water partition coefficient (Wildman–Crippen LogP) is 2.87. The molecule has 10 heteroatoms. The molecule has 1 amide bonds. The lowest BCUT2D eigenvalue weighted by molar-refractivity contribution is 0.0719. The van der Waals surface area contributed by atoms with Crippen LogP contribution in [0.15, 0.2) is 16.8 Å². The van der Waals surface area contributed by atoms with E-state index in [1.165, 1.54) is 6.33 Å². The highest BCUT2D eigenvalue weighted by molar-refractivity contribution is 5.95. The Morgan fingerprint density at radius 2 is 2.13 bits per heavy atom. The number of carbonyl (C=O) groups excluding carboxylic acids is 1. The minimum atomic E-state index is -0.481. The van der Waals surface area contributed by atoms with Gasteiger partial charge in [-0.05, 0) is 39.2 Å². The number of nitrogens with zero attached hydrogens (tertiary/aromatic N) is 5. The summed E-state index contributed by atoms with van der Waals surface area (Å²) in [4.78, 5) is 32.5. The Morgan fingerprint density at radius 3 is 2.90 bits per heavy atom. The summed E-state index contributed by atoms with van der Waals surface area (Å²) in [6.07, 6.45) is 4.11. The fourth-order valence-electron chi connectivity index (χ4n) is 3.82. The summed E-state index contributed by atoms with van der Waals surface area (Å²) in [6.45, 7) is 4.48. The van der Waals surface area contributed by atoms with Crippen molar-refractivity contribution in [2.75, 3.05) is 30.4 Å². The average molecular weight is 425 g/mol. The quantitative estimate of drug-likeness (QED) is 0.621. The number of anilines is 2. The Hall–Kier alpha value is -3.30. The second-order valence-electron chi connectivity index (χ2n) is 8.40. The summed E-state index contributed by atoms with van der Waals surface area (Å²) in [5.74, 6) is 1.80. The van der Waals surface area contributed by atoms with Crippen LogP contribution in [0.3, 0.4) is 0 Å². The molecule has 3 aromatic rings. The fourth-order valence-corrected chi connectivity index (χ4v) is 3.82. The van der Waals surface area contributed by atoms with Crippen molar-refractivity contribution in [3.8, 4) is 0 Å². The highest BCUT2D eigenvalue weighted by Crippen LogP contribution is 2.39. The summed E-state index contributed by atoms with van der Waals surface area (Å²) in [7, 11) is 0. The van der Waals surface area contributed by atoms with Gasteiger partial charge < -0.3 is 20.0 Å². The molecule has 4 heterocycles. The highest BCUT2D eigenvalue weighted by atomic mass is 19.1. The van der Waals surface area contributed by atoms with E-state index in [2.05, 4.69) is 37.5 Å². The van der Waals surface area contributed by atoms with Gasteiger partial charge in [-0.15, -0.1) is 0 Å². The molecule has 31 heavy (non-hydrogen) atoms. The molecule has 5 rings (SSSR count). The van der Waals surface area contributed by atoms with Crippen molar-refractivity contribution < 1.29 is 13.6 Å². The van der Waals surface area contributed by atoms with Gasteiger partial charge in [-0.25, -0.2) is 19.3 Å². The third-order valence-electron chi connectivity index (χ3n) is 5.81. The first-order valence-corrected chi connectivity index (χ1v) is 10.4. The number of fused-ring (bicyclic) bond motifs is 2. The number of rotatable bonds is 6. The van der Waals surface area contributed by atoms with Gasteiger partial charge in [0.05, 0.1) is 17.6 Å². The third-order valence-corrected chi connectivity index (χ3v) is 5.81. The van der Waals surface area contributed by atoms with E-state index < -0.39 is 6.67 Å². The van der Waals surface area contributed by atoms with Crippen molar-refractivity contribution >= 4 is 28.6 Å². The van der Waals surface area contributed by atoms with Gasteiger partial charge in [-0.1, -0.05) is 0 Å². The van der Waals surface area contributed by atoms with E-state index in [0.29, 0.717) is 36.9 Å². The summed E-state index contributed by atoms with van der Waals surface area (Å²) in [5, 5.41) is 7.21. The van der Waals surface area contributed by atoms with Crippen molar-refractivity contribution in [2.45, 2.75) is 45.2 Å². The van der Waals surface area contributed by atoms with Crippen molar-refractivity contribution in [3.05, 3.63) is 35.2 Å². The maximum Gasteiger partial charge on any atom is 0.292 e. The third kappa shape index (κ3) is 3.77. The molecule has 0 bridgehead atoms. The monoisotopic (exact) mass is 425 g/mol. The molecule has 1 aliphatic carbocycles. The van der Waals surface area contributed by atoms with Gasteiger partial charge in [0.15, 0.2) is 0 Å². The lowest BCUT2D eigenvalue weighted by Crippen LogP contribution is -2.38. The number of halogens is 1. The molecule has 0 atom stereocenters. The van der Waals surface area contributed by atoms with Gasteiger partial charge in [-0.2, -0.15) is 4.98 Å². The largest absolute Gasteiger partial charge is 0.443 e. The van der Waals surface area contributed by atoms with Gasteiger partial charge in [0.2, 0.25) is 11.5 Å². The van der Waals surface area contributed by atoms with Crippen LogP contribution in [0.1, 0.15) is 47.4 Å². The van der Waals surface area contributed by atoms with E-state index >= 15 is 0 Å². The minimum Gasteiger partial charge on any atom is -0.443 e. The number of aromatic nitrogens is 4. The van der Waals surface area contributed by atoms with Crippen molar-refractivity contribution in [2.24, 2.45) is 0 Å². The Morgan fingerprint density at radius 1 is 1.29 bits per heavy atom. The van der Waals surface area contributed by atoms with E-state index in [1.54, 1.807) is 4.90 Å². The fraction of sp³-hybridized carbons (Fsp3) is 0.476. The molecule has 1 aliphatic heterocycles. The number of nitrogens with one attached hydrogen (secondary N) is 2. The molecule has 3 aromatic heterocycles. The number of carbonyl (C=O) groups is 1. The molecular formula is C21H24FN7O2. The van der Waals surface area contributed by atoms with E-state index in [-0.39, 0.29) is 23.8 Å². The summed E-state index contributed by atoms with van der Waals surface area (Å²) >= 11 is 0. The van der Waals surface area contributed by atoms with E-state index in [1.807, 2.05) is 13.0 Å². The van der Waals surface area contributed by atoms with Gasteiger partial charge in [-0.3, -0.25) is 4.79 Å². The predicted molar refractivity (Wildman–Crippen MR) is 113 cm³/mol. The summed E-state index contributed by atoms with van der Waals surface area (Å²) in [6, 6.07) is 1.89. The average Bonchev–Trinajstić information content (AvgIpc) is 3.36. The SMILES string of the molecule is Cc1cc2c(NC3(C)CC3)nc(C(=O)N3CCc4c(ncnc4NCCF)C3)nc2o1. The minimum absolute atomic E-state index is 0.00320.